The molecule has 7 nitrogen and oxygen atoms in total. The van der Waals surface area contributed by atoms with Crippen LogP contribution >= 0.6 is 0 Å². The number of aliphatic carboxylic acids is 1. The Kier molecular flexibility index (Phi) is 3.74. The lowest BCUT2D eigenvalue weighted by atomic mass is 10.0. The summed E-state index contributed by atoms with van der Waals surface area (Å²) in [5.41, 5.74) is 5.35. The molecule has 0 heterocycles. The summed E-state index contributed by atoms with van der Waals surface area (Å²) in [6.07, 6.45) is -0.155. The van der Waals surface area contributed by atoms with E-state index in [2.05, 4.69) is 0 Å². The van der Waals surface area contributed by atoms with Crippen molar-refractivity contribution >= 4 is 11.7 Å². The van der Waals surface area contributed by atoms with Crippen LogP contribution in [0.5, 0.6) is 0 Å². The molecule has 0 bridgehead atoms. The van der Waals surface area contributed by atoms with Gasteiger partial charge in [-0.15, -0.1) is 0 Å². The second-order valence-electron chi connectivity index (χ2n) is 3.36. The van der Waals surface area contributed by atoms with E-state index in [4.69, 9.17) is 16.1 Å². The number of rotatable bonds is 4. The summed E-state index contributed by atoms with van der Waals surface area (Å²) in [7, 11) is 0. The van der Waals surface area contributed by atoms with E-state index in [1.54, 1.807) is 6.07 Å². The Hall–Kier alpha value is -2.46. The zero-order valence-electron chi connectivity index (χ0n) is 8.66. The highest BCUT2D eigenvalue weighted by Gasteiger charge is 2.20. The van der Waals surface area contributed by atoms with Crippen molar-refractivity contribution in [1.82, 2.24) is 0 Å². The van der Waals surface area contributed by atoms with E-state index in [0.717, 1.165) is 6.07 Å². The molecule has 0 amide bonds. The molecule has 0 saturated heterocycles. The number of nitriles is 1. The van der Waals surface area contributed by atoms with E-state index in [-0.39, 0.29) is 23.2 Å². The van der Waals surface area contributed by atoms with Crippen molar-refractivity contribution in [3.8, 4) is 6.07 Å². The van der Waals surface area contributed by atoms with Gasteiger partial charge in [-0.3, -0.25) is 14.9 Å². The first-order valence-electron chi connectivity index (χ1n) is 4.61. The van der Waals surface area contributed by atoms with Gasteiger partial charge in [0.05, 0.1) is 16.6 Å². The standard InChI is InChI=1S/C10H9N3O4/c11-5-6-1-2-7(4-8(12)10(14)15)9(3-6)13(16)17/h1-3,8H,4,12H2,(H,14,15)/t8-/m0/s1. The van der Waals surface area contributed by atoms with Gasteiger partial charge in [0.25, 0.3) is 5.69 Å². The second kappa shape index (κ2) is 5.05. The van der Waals surface area contributed by atoms with Gasteiger partial charge in [0.1, 0.15) is 6.04 Å². The summed E-state index contributed by atoms with van der Waals surface area (Å²) in [6, 6.07) is 4.40. The van der Waals surface area contributed by atoms with Crippen LogP contribution in [-0.4, -0.2) is 22.0 Å². The van der Waals surface area contributed by atoms with Crippen LogP contribution in [-0.2, 0) is 11.2 Å². The smallest absolute Gasteiger partial charge is 0.320 e. The van der Waals surface area contributed by atoms with Gasteiger partial charge >= 0.3 is 5.97 Å². The van der Waals surface area contributed by atoms with E-state index in [9.17, 15) is 14.9 Å². The molecule has 0 radical (unpaired) electrons. The van der Waals surface area contributed by atoms with Gasteiger partial charge in [-0.1, -0.05) is 6.07 Å². The van der Waals surface area contributed by atoms with E-state index < -0.39 is 16.9 Å². The lowest BCUT2D eigenvalue weighted by molar-refractivity contribution is -0.385. The summed E-state index contributed by atoms with van der Waals surface area (Å²) in [6.45, 7) is 0. The second-order valence-corrected chi connectivity index (χ2v) is 3.36. The number of hydrogen-bond donors (Lipinski definition) is 2. The Balaban J connectivity index is 3.12. The summed E-state index contributed by atoms with van der Waals surface area (Å²) < 4.78 is 0. The van der Waals surface area contributed by atoms with Gasteiger partial charge in [-0.05, 0) is 6.07 Å². The first-order chi connectivity index (χ1) is 7.95. The van der Waals surface area contributed by atoms with Gasteiger partial charge in [0.2, 0.25) is 0 Å². The largest absolute Gasteiger partial charge is 0.480 e. The van der Waals surface area contributed by atoms with E-state index in [1.165, 1.54) is 12.1 Å². The maximum Gasteiger partial charge on any atom is 0.320 e. The quantitative estimate of drug-likeness (QED) is 0.574. The molecule has 0 fully saturated rings. The number of carboxylic acid groups (broad SMARTS) is 1. The minimum absolute atomic E-state index is 0.143. The molecular weight excluding hydrogens is 226 g/mol. The van der Waals surface area contributed by atoms with E-state index in [1.807, 2.05) is 0 Å². The van der Waals surface area contributed by atoms with Crippen LogP contribution < -0.4 is 5.73 Å². The number of carbonyl (C=O) groups is 1. The van der Waals surface area contributed by atoms with Gasteiger partial charge in [-0.25, -0.2) is 0 Å². The summed E-state index contributed by atoms with van der Waals surface area (Å²) >= 11 is 0. The number of nitrogens with zero attached hydrogens (tertiary/aromatic N) is 2. The SMILES string of the molecule is N#Cc1ccc(C[C@H](N)C(=O)O)c([N+](=O)[O-])c1. The Labute approximate surface area is 96.2 Å². The molecule has 0 spiro atoms. The van der Waals surface area contributed by atoms with Crippen LogP contribution in [0.4, 0.5) is 5.69 Å². The Morgan fingerprint density at radius 3 is 2.76 bits per heavy atom. The van der Waals surface area contributed by atoms with Gasteiger partial charge in [-0.2, -0.15) is 5.26 Å². The van der Waals surface area contributed by atoms with Crippen LogP contribution in [0.15, 0.2) is 18.2 Å². The topological polar surface area (TPSA) is 130 Å². The van der Waals surface area contributed by atoms with Crippen molar-refractivity contribution in [2.75, 3.05) is 0 Å². The maximum absolute atomic E-state index is 10.7. The highest BCUT2D eigenvalue weighted by atomic mass is 16.6. The fourth-order valence-electron chi connectivity index (χ4n) is 1.30. The molecule has 17 heavy (non-hydrogen) atoms. The highest BCUT2D eigenvalue weighted by Crippen LogP contribution is 2.21. The molecule has 7 heteroatoms. The van der Waals surface area contributed by atoms with Gasteiger partial charge in [0, 0.05) is 18.1 Å². The van der Waals surface area contributed by atoms with Crippen LogP contribution in [0.2, 0.25) is 0 Å². The molecular formula is C10H9N3O4. The van der Waals surface area contributed by atoms with Gasteiger partial charge in [0.15, 0.2) is 0 Å². The number of nitro benzene ring substituents is 1. The first kappa shape index (κ1) is 12.6. The van der Waals surface area contributed by atoms with Crippen LogP contribution in [0.25, 0.3) is 0 Å². The molecule has 0 aromatic heterocycles. The molecule has 0 aliphatic heterocycles. The molecule has 0 aliphatic carbocycles. The predicted molar refractivity (Wildman–Crippen MR) is 57.1 cm³/mol. The van der Waals surface area contributed by atoms with Crippen molar-refractivity contribution in [2.45, 2.75) is 12.5 Å². The third-order valence-corrected chi connectivity index (χ3v) is 2.17. The van der Waals surface area contributed by atoms with E-state index >= 15 is 0 Å². The van der Waals surface area contributed by atoms with Crippen molar-refractivity contribution in [3.63, 3.8) is 0 Å². The number of nitrogens with two attached hydrogens (primary N) is 1. The lowest BCUT2D eigenvalue weighted by Crippen LogP contribution is -2.32. The Morgan fingerprint density at radius 1 is 1.65 bits per heavy atom. The summed E-state index contributed by atoms with van der Waals surface area (Å²) in [5, 5.41) is 28.0. The molecule has 1 atom stereocenters. The predicted octanol–water partition coefficient (Wildman–Crippen LogP) is 0.421. The molecule has 1 aromatic carbocycles. The molecule has 1 aromatic rings. The minimum Gasteiger partial charge on any atom is -0.480 e. The molecule has 1 rings (SSSR count). The van der Waals surface area contributed by atoms with Crippen molar-refractivity contribution < 1.29 is 14.8 Å². The third kappa shape index (κ3) is 2.99. The minimum atomic E-state index is -1.23. The Bertz CT molecular complexity index is 507. The van der Waals surface area contributed by atoms with Crippen molar-refractivity contribution in [1.29, 1.82) is 5.26 Å². The normalized spacial score (nSPS) is 11.5. The molecule has 88 valence electrons. The Morgan fingerprint density at radius 2 is 2.29 bits per heavy atom. The number of carboxylic acids is 1. The first-order valence-corrected chi connectivity index (χ1v) is 4.61. The van der Waals surface area contributed by atoms with Crippen LogP contribution in [0.1, 0.15) is 11.1 Å². The fourth-order valence-corrected chi connectivity index (χ4v) is 1.30. The zero-order valence-corrected chi connectivity index (χ0v) is 8.66. The monoisotopic (exact) mass is 235 g/mol. The van der Waals surface area contributed by atoms with Crippen molar-refractivity contribution in [3.05, 3.63) is 39.4 Å². The van der Waals surface area contributed by atoms with Crippen LogP contribution in [0, 0.1) is 21.4 Å². The lowest BCUT2D eigenvalue weighted by Gasteiger charge is -2.06. The van der Waals surface area contributed by atoms with Crippen LogP contribution in [0.3, 0.4) is 0 Å². The van der Waals surface area contributed by atoms with Crippen molar-refractivity contribution in [2.24, 2.45) is 5.73 Å². The summed E-state index contributed by atoms with van der Waals surface area (Å²) in [4.78, 5) is 20.6. The summed E-state index contributed by atoms with van der Waals surface area (Å²) in [5.74, 6) is -1.23. The average Bonchev–Trinajstić information content (AvgIpc) is 2.29. The number of nitro groups is 1. The average molecular weight is 235 g/mol. The van der Waals surface area contributed by atoms with E-state index in [0.29, 0.717) is 0 Å². The fraction of sp³-hybridized carbons (Fsp3) is 0.200. The number of hydrogen-bond acceptors (Lipinski definition) is 5. The maximum atomic E-state index is 10.7. The molecule has 3 N–H and O–H groups in total. The molecule has 0 unspecified atom stereocenters. The molecule has 0 saturated carbocycles. The highest BCUT2D eigenvalue weighted by molar-refractivity contribution is 5.73. The van der Waals surface area contributed by atoms with Gasteiger partial charge < -0.3 is 10.8 Å². The zero-order chi connectivity index (χ0) is 13.0. The number of benzene rings is 1. The molecule has 0 aliphatic rings. The third-order valence-electron chi connectivity index (χ3n) is 2.17.